The number of aromatic nitrogens is 2. The van der Waals surface area contributed by atoms with Crippen LogP contribution < -0.4 is 0 Å². The summed E-state index contributed by atoms with van der Waals surface area (Å²) in [5, 5.41) is 13.8. The fraction of sp³-hybridized carbons (Fsp3) is 0.688. The summed E-state index contributed by atoms with van der Waals surface area (Å²) >= 11 is 0. The summed E-state index contributed by atoms with van der Waals surface area (Å²) in [6, 6.07) is 2.17. The van der Waals surface area contributed by atoms with Gasteiger partial charge in [-0.15, -0.1) is 0 Å². The van der Waals surface area contributed by atoms with Gasteiger partial charge in [0, 0.05) is 19.3 Å². The van der Waals surface area contributed by atoms with Gasteiger partial charge < -0.3 is 10.0 Å². The number of piperidine rings is 1. The maximum atomic E-state index is 12.6. The first-order valence-corrected chi connectivity index (χ1v) is 8.07. The van der Waals surface area contributed by atoms with Gasteiger partial charge in [0.25, 0.3) is 5.91 Å². The Kier molecular flexibility index (Phi) is 3.93. The first-order valence-electron chi connectivity index (χ1n) is 8.07. The second kappa shape index (κ2) is 5.74. The number of hydrogen-bond acceptors (Lipinski definition) is 3. The van der Waals surface area contributed by atoms with Crippen LogP contribution in [0.2, 0.25) is 0 Å². The monoisotopic (exact) mass is 305 g/mol. The zero-order valence-corrected chi connectivity index (χ0v) is 13.0. The number of carboxylic acid groups (broad SMARTS) is 1. The van der Waals surface area contributed by atoms with Crippen LogP contribution in [0.15, 0.2) is 12.3 Å². The fourth-order valence-electron chi connectivity index (χ4n) is 3.57. The molecule has 1 aliphatic heterocycles. The minimum atomic E-state index is -0.845. The third-order valence-electron chi connectivity index (χ3n) is 5.03. The molecule has 1 N–H and O–H groups in total. The number of rotatable bonds is 3. The molecular formula is C16H23N3O3. The number of nitrogens with zero attached hydrogens (tertiary/aromatic N) is 3. The van der Waals surface area contributed by atoms with Crippen LogP contribution in [-0.4, -0.2) is 44.8 Å². The zero-order valence-electron chi connectivity index (χ0n) is 13.0. The summed E-state index contributed by atoms with van der Waals surface area (Å²) in [7, 11) is 0. The van der Waals surface area contributed by atoms with Crippen LogP contribution in [0.4, 0.5) is 0 Å². The summed E-state index contributed by atoms with van der Waals surface area (Å²) in [6.07, 6.45) is 7.89. The molecule has 1 saturated carbocycles. The Labute approximate surface area is 130 Å². The van der Waals surface area contributed by atoms with Crippen molar-refractivity contribution in [1.29, 1.82) is 0 Å². The molecule has 1 unspecified atom stereocenters. The molecule has 3 rings (SSSR count). The molecule has 1 saturated heterocycles. The minimum Gasteiger partial charge on any atom is -0.481 e. The molecule has 2 heterocycles. The van der Waals surface area contributed by atoms with Crippen molar-refractivity contribution in [1.82, 2.24) is 14.7 Å². The zero-order chi connectivity index (χ0) is 15.7. The van der Waals surface area contributed by atoms with E-state index in [9.17, 15) is 14.7 Å². The van der Waals surface area contributed by atoms with Gasteiger partial charge >= 0.3 is 5.97 Å². The number of amides is 1. The number of hydrogen-bond donors (Lipinski definition) is 1. The van der Waals surface area contributed by atoms with Crippen LogP contribution in [0.3, 0.4) is 0 Å². The number of carboxylic acids is 1. The SMILES string of the molecule is CC1(C(=O)O)CCCN(C(=O)c2ccn(C3CCCC3)n2)C1. The van der Waals surface area contributed by atoms with Gasteiger partial charge in [0.15, 0.2) is 0 Å². The lowest BCUT2D eigenvalue weighted by Gasteiger charge is -2.37. The van der Waals surface area contributed by atoms with Gasteiger partial charge in [0.05, 0.1) is 11.5 Å². The summed E-state index contributed by atoms with van der Waals surface area (Å²) in [5.41, 5.74) is -0.413. The fourth-order valence-corrected chi connectivity index (χ4v) is 3.57. The quantitative estimate of drug-likeness (QED) is 0.930. The second-order valence-corrected chi connectivity index (χ2v) is 6.82. The van der Waals surface area contributed by atoms with Gasteiger partial charge in [0.1, 0.15) is 5.69 Å². The van der Waals surface area contributed by atoms with E-state index in [4.69, 9.17) is 0 Å². The van der Waals surface area contributed by atoms with Crippen molar-refractivity contribution in [3.8, 4) is 0 Å². The minimum absolute atomic E-state index is 0.149. The molecule has 6 nitrogen and oxygen atoms in total. The van der Waals surface area contributed by atoms with Crippen LogP contribution in [0, 0.1) is 5.41 Å². The van der Waals surface area contributed by atoms with Crippen LogP contribution in [0.1, 0.15) is 62.0 Å². The second-order valence-electron chi connectivity index (χ2n) is 6.82. The number of carbonyl (C=O) groups is 2. The first-order chi connectivity index (χ1) is 10.5. The standard InChI is InChI=1S/C16H23N3O3/c1-16(15(21)22)8-4-9-18(11-16)14(20)13-7-10-19(17-13)12-5-2-3-6-12/h7,10,12H,2-6,8-9,11H2,1H3,(H,21,22). The van der Waals surface area contributed by atoms with Crippen molar-refractivity contribution < 1.29 is 14.7 Å². The molecule has 0 aromatic carbocycles. The third kappa shape index (κ3) is 2.74. The lowest BCUT2D eigenvalue weighted by Crippen LogP contribution is -2.48. The maximum absolute atomic E-state index is 12.6. The molecule has 1 aromatic heterocycles. The molecule has 0 radical (unpaired) electrons. The van der Waals surface area contributed by atoms with Crippen molar-refractivity contribution in [3.63, 3.8) is 0 Å². The van der Waals surface area contributed by atoms with E-state index in [1.165, 1.54) is 12.8 Å². The van der Waals surface area contributed by atoms with Crippen molar-refractivity contribution in [2.75, 3.05) is 13.1 Å². The van der Waals surface area contributed by atoms with Crippen molar-refractivity contribution in [3.05, 3.63) is 18.0 Å². The van der Waals surface area contributed by atoms with Crippen molar-refractivity contribution in [2.24, 2.45) is 5.41 Å². The Balaban J connectivity index is 1.72. The first kappa shape index (κ1) is 15.1. The molecule has 0 spiro atoms. The van der Waals surface area contributed by atoms with E-state index in [1.54, 1.807) is 17.9 Å². The van der Waals surface area contributed by atoms with Gasteiger partial charge in [-0.2, -0.15) is 5.10 Å². The molecule has 6 heteroatoms. The van der Waals surface area contributed by atoms with E-state index < -0.39 is 11.4 Å². The van der Waals surface area contributed by atoms with Gasteiger partial charge in [-0.3, -0.25) is 14.3 Å². The predicted octanol–water partition coefficient (Wildman–Crippen LogP) is 2.33. The highest BCUT2D eigenvalue weighted by Gasteiger charge is 2.39. The molecule has 1 amide bonds. The third-order valence-corrected chi connectivity index (χ3v) is 5.03. The Hall–Kier alpha value is -1.85. The Morgan fingerprint density at radius 3 is 2.73 bits per heavy atom. The lowest BCUT2D eigenvalue weighted by molar-refractivity contribution is -0.150. The van der Waals surface area contributed by atoms with Gasteiger partial charge in [-0.1, -0.05) is 12.8 Å². The maximum Gasteiger partial charge on any atom is 0.311 e. The molecule has 120 valence electrons. The lowest BCUT2D eigenvalue weighted by atomic mass is 9.82. The normalized spacial score (nSPS) is 26.3. The Bertz CT molecular complexity index is 577. The number of likely N-dealkylation sites (tertiary alicyclic amines) is 1. The molecule has 22 heavy (non-hydrogen) atoms. The molecule has 0 bridgehead atoms. The van der Waals surface area contributed by atoms with E-state index >= 15 is 0 Å². The van der Waals surface area contributed by atoms with E-state index in [-0.39, 0.29) is 12.5 Å². The highest BCUT2D eigenvalue weighted by atomic mass is 16.4. The van der Waals surface area contributed by atoms with Crippen LogP contribution >= 0.6 is 0 Å². The van der Waals surface area contributed by atoms with Crippen LogP contribution in [0.25, 0.3) is 0 Å². The number of carbonyl (C=O) groups excluding carboxylic acids is 1. The molecular weight excluding hydrogens is 282 g/mol. The number of aliphatic carboxylic acids is 1. The Morgan fingerprint density at radius 2 is 2.05 bits per heavy atom. The summed E-state index contributed by atoms with van der Waals surface area (Å²) < 4.78 is 1.90. The molecule has 1 atom stereocenters. The highest BCUT2D eigenvalue weighted by molar-refractivity contribution is 5.92. The van der Waals surface area contributed by atoms with Gasteiger partial charge in [0.2, 0.25) is 0 Å². The topological polar surface area (TPSA) is 75.4 Å². The highest BCUT2D eigenvalue weighted by Crippen LogP contribution is 2.31. The van der Waals surface area contributed by atoms with Gasteiger partial charge in [-0.25, -0.2) is 0 Å². The molecule has 2 aliphatic rings. The molecule has 2 fully saturated rings. The van der Waals surface area contributed by atoms with Crippen molar-refractivity contribution in [2.45, 2.75) is 51.5 Å². The average Bonchev–Trinajstić information content (AvgIpc) is 3.17. The largest absolute Gasteiger partial charge is 0.481 e. The van der Waals surface area contributed by atoms with E-state index in [2.05, 4.69) is 5.10 Å². The summed E-state index contributed by atoms with van der Waals surface area (Å²) in [5.74, 6) is -0.981. The van der Waals surface area contributed by atoms with Crippen LogP contribution in [-0.2, 0) is 4.79 Å². The van der Waals surface area contributed by atoms with E-state index in [0.29, 0.717) is 24.7 Å². The summed E-state index contributed by atoms with van der Waals surface area (Å²) in [4.78, 5) is 25.6. The van der Waals surface area contributed by atoms with E-state index in [1.807, 2.05) is 10.9 Å². The van der Waals surface area contributed by atoms with Gasteiger partial charge in [-0.05, 0) is 38.7 Å². The molecule has 1 aromatic rings. The van der Waals surface area contributed by atoms with E-state index in [0.717, 1.165) is 19.3 Å². The summed E-state index contributed by atoms with van der Waals surface area (Å²) in [6.45, 7) is 2.58. The Morgan fingerprint density at radius 1 is 1.32 bits per heavy atom. The smallest absolute Gasteiger partial charge is 0.311 e. The predicted molar refractivity (Wildman–Crippen MR) is 80.6 cm³/mol. The average molecular weight is 305 g/mol. The molecule has 1 aliphatic carbocycles. The van der Waals surface area contributed by atoms with Crippen molar-refractivity contribution >= 4 is 11.9 Å². The van der Waals surface area contributed by atoms with Crippen LogP contribution in [0.5, 0.6) is 0 Å².